The van der Waals surface area contributed by atoms with Gasteiger partial charge >= 0.3 is 0 Å². The molecule has 0 saturated carbocycles. The molecule has 0 spiro atoms. The van der Waals surface area contributed by atoms with E-state index in [2.05, 4.69) is 10.2 Å². The van der Waals surface area contributed by atoms with E-state index in [0.717, 1.165) is 11.1 Å². The summed E-state index contributed by atoms with van der Waals surface area (Å²) in [4.78, 5) is 40.1. The lowest BCUT2D eigenvalue weighted by atomic mass is 9.70. The highest BCUT2D eigenvalue weighted by atomic mass is 16.3. The van der Waals surface area contributed by atoms with Crippen molar-refractivity contribution in [3.63, 3.8) is 0 Å². The number of β-amino-alcohol motifs (C(OH)–C–C–N with tert-alkyl or cyclic N) is 1. The molecule has 4 rings (SSSR count). The molecule has 3 amide bonds. The van der Waals surface area contributed by atoms with Gasteiger partial charge in [-0.25, -0.2) is 0 Å². The Morgan fingerprint density at radius 3 is 2.66 bits per heavy atom. The number of likely N-dealkylation sites (tertiary alicyclic amines) is 1. The Balaban J connectivity index is 1.43. The first kappa shape index (κ1) is 20.0. The van der Waals surface area contributed by atoms with Gasteiger partial charge in [0.25, 0.3) is 5.91 Å². The van der Waals surface area contributed by atoms with Gasteiger partial charge in [0, 0.05) is 50.1 Å². The van der Waals surface area contributed by atoms with Gasteiger partial charge in [0.15, 0.2) is 0 Å². The largest absolute Gasteiger partial charge is 0.387 e. The number of hydrogen-bond donors (Lipinski definition) is 3. The van der Waals surface area contributed by atoms with Gasteiger partial charge in [-0.1, -0.05) is 26.0 Å². The number of imide groups is 1. The van der Waals surface area contributed by atoms with E-state index in [4.69, 9.17) is 5.73 Å². The fraction of sp³-hybridized carbons (Fsp3) is 0.571. The first-order valence-corrected chi connectivity index (χ1v) is 10.0. The second-order valence-corrected chi connectivity index (χ2v) is 9.16. The minimum atomic E-state index is -0.795. The Morgan fingerprint density at radius 1 is 1.28 bits per heavy atom. The summed E-state index contributed by atoms with van der Waals surface area (Å²) in [6.45, 7) is 6.48. The third-order valence-electron chi connectivity index (χ3n) is 6.74. The molecule has 3 aliphatic rings. The summed E-state index contributed by atoms with van der Waals surface area (Å²) in [6.07, 6.45) is 0.610. The number of fused-ring (bicyclic) bond motifs is 1. The molecule has 1 aromatic rings. The molecule has 0 bridgehead atoms. The molecule has 1 aromatic carbocycles. The predicted octanol–water partition coefficient (Wildman–Crippen LogP) is -0.0208. The highest BCUT2D eigenvalue weighted by Gasteiger charge is 2.51. The van der Waals surface area contributed by atoms with Gasteiger partial charge in [0.05, 0.1) is 5.60 Å². The number of piperidine rings is 1. The van der Waals surface area contributed by atoms with Gasteiger partial charge in [0.2, 0.25) is 11.8 Å². The number of nitrogens with one attached hydrogen (secondary N) is 1. The van der Waals surface area contributed by atoms with Gasteiger partial charge in [-0.3, -0.25) is 24.6 Å². The Bertz CT molecular complexity index is 875. The van der Waals surface area contributed by atoms with Gasteiger partial charge in [-0.05, 0) is 23.6 Å². The van der Waals surface area contributed by atoms with E-state index in [0.29, 0.717) is 44.7 Å². The number of carbonyl (C=O) groups is 3. The number of carbonyl (C=O) groups excluding carboxylic acids is 3. The monoisotopic (exact) mass is 400 g/mol. The van der Waals surface area contributed by atoms with Crippen LogP contribution in [0.15, 0.2) is 18.2 Å². The van der Waals surface area contributed by atoms with E-state index >= 15 is 0 Å². The number of nitrogens with two attached hydrogens (primary N) is 1. The van der Waals surface area contributed by atoms with E-state index in [1.165, 1.54) is 0 Å². The maximum atomic E-state index is 12.9. The Labute approximate surface area is 170 Å². The molecule has 3 aliphatic heterocycles. The van der Waals surface area contributed by atoms with Crippen LogP contribution in [0.3, 0.4) is 0 Å². The zero-order valence-corrected chi connectivity index (χ0v) is 16.9. The number of aliphatic hydroxyl groups is 1. The SMILES string of the molecule is CC(C)(CN)C1(O)CN(Cc2ccc3c(c2)C(=O)N(C2CCC(=O)NC2=O)C3)C1. The van der Waals surface area contributed by atoms with E-state index in [9.17, 15) is 19.5 Å². The molecule has 1 unspecified atom stereocenters. The van der Waals surface area contributed by atoms with Crippen molar-refractivity contribution in [2.24, 2.45) is 11.1 Å². The topological polar surface area (TPSA) is 116 Å². The number of rotatable bonds is 5. The van der Waals surface area contributed by atoms with E-state index in [-0.39, 0.29) is 23.7 Å². The smallest absolute Gasteiger partial charge is 0.255 e. The third-order valence-corrected chi connectivity index (χ3v) is 6.74. The fourth-order valence-corrected chi connectivity index (χ4v) is 4.38. The molecule has 29 heavy (non-hydrogen) atoms. The molecule has 0 radical (unpaired) electrons. The normalized spacial score (nSPS) is 24.3. The molecule has 2 saturated heterocycles. The molecule has 1 atom stereocenters. The summed E-state index contributed by atoms with van der Waals surface area (Å²) in [5, 5.41) is 13.1. The quantitative estimate of drug-likeness (QED) is 0.598. The first-order valence-electron chi connectivity index (χ1n) is 10.0. The van der Waals surface area contributed by atoms with Crippen LogP contribution in [0.1, 0.15) is 48.2 Å². The minimum absolute atomic E-state index is 0.166. The van der Waals surface area contributed by atoms with Crippen molar-refractivity contribution in [1.82, 2.24) is 15.1 Å². The molecule has 8 heteroatoms. The molecule has 3 heterocycles. The highest BCUT2D eigenvalue weighted by molar-refractivity contribution is 6.05. The molecule has 8 nitrogen and oxygen atoms in total. The number of benzene rings is 1. The second-order valence-electron chi connectivity index (χ2n) is 9.16. The lowest BCUT2D eigenvalue weighted by Gasteiger charge is -2.54. The average molecular weight is 400 g/mol. The maximum absolute atomic E-state index is 12.9. The first-order chi connectivity index (χ1) is 13.6. The fourth-order valence-electron chi connectivity index (χ4n) is 4.38. The van der Waals surface area contributed by atoms with Crippen LogP contribution in [0.5, 0.6) is 0 Å². The van der Waals surface area contributed by atoms with Crippen molar-refractivity contribution in [3.8, 4) is 0 Å². The number of nitrogens with zero attached hydrogens (tertiary/aromatic N) is 2. The van der Waals surface area contributed by atoms with E-state index in [1.54, 1.807) is 4.90 Å². The maximum Gasteiger partial charge on any atom is 0.255 e. The van der Waals surface area contributed by atoms with Gasteiger partial charge in [-0.2, -0.15) is 0 Å². The van der Waals surface area contributed by atoms with Crippen LogP contribution >= 0.6 is 0 Å². The summed E-state index contributed by atoms with van der Waals surface area (Å²) in [5.74, 6) is -0.851. The van der Waals surface area contributed by atoms with Gasteiger partial charge in [0.1, 0.15) is 6.04 Å². The van der Waals surface area contributed by atoms with Crippen molar-refractivity contribution >= 4 is 17.7 Å². The van der Waals surface area contributed by atoms with Crippen molar-refractivity contribution in [1.29, 1.82) is 0 Å². The van der Waals surface area contributed by atoms with Crippen LogP contribution in [0.25, 0.3) is 0 Å². The van der Waals surface area contributed by atoms with Crippen molar-refractivity contribution in [2.75, 3.05) is 19.6 Å². The van der Waals surface area contributed by atoms with Crippen LogP contribution in [0.4, 0.5) is 0 Å². The van der Waals surface area contributed by atoms with Crippen LogP contribution < -0.4 is 11.1 Å². The summed E-state index contributed by atoms with van der Waals surface area (Å²) >= 11 is 0. The lowest BCUT2D eigenvalue weighted by molar-refractivity contribution is -0.168. The average Bonchev–Trinajstić information content (AvgIpc) is 2.96. The third kappa shape index (κ3) is 3.35. The Morgan fingerprint density at radius 2 is 2.00 bits per heavy atom. The molecular formula is C21H28N4O4. The summed E-state index contributed by atoms with van der Waals surface area (Å²) in [6, 6.07) is 5.21. The summed E-state index contributed by atoms with van der Waals surface area (Å²) < 4.78 is 0. The van der Waals surface area contributed by atoms with Crippen molar-refractivity contribution in [3.05, 3.63) is 34.9 Å². The predicted molar refractivity (Wildman–Crippen MR) is 106 cm³/mol. The van der Waals surface area contributed by atoms with Crippen LogP contribution in [0.2, 0.25) is 0 Å². The second kappa shape index (κ2) is 6.90. The summed E-state index contributed by atoms with van der Waals surface area (Å²) in [7, 11) is 0. The van der Waals surface area contributed by atoms with Crippen LogP contribution in [-0.4, -0.2) is 63.9 Å². The minimum Gasteiger partial charge on any atom is -0.387 e. The Hall–Kier alpha value is -2.29. The Kier molecular flexibility index (Phi) is 4.76. The lowest BCUT2D eigenvalue weighted by Crippen LogP contribution is -2.69. The zero-order chi connectivity index (χ0) is 21.0. The number of amides is 3. The summed E-state index contributed by atoms with van der Waals surface area (Å²) in [5.41, 5.74) is 7.17. The van der Waals surface area contributed by atoms with Gasteiger partial charge in [-0.15, -0.1) is 0 Å². The molecule has 156 valence electrons. The van der Waals surface area contributed by atoms with Crippen molar-refractivity contribution < 1.29 is 19.5 Å². The standard InChI is InChI=1S/C21H28N4O4/c1-20(2,10-22)21(29)11-24(12-21)8-13-3-4-14-9-25(19(28)15(14)7-13)16-5-6-17(26)23-18(16)27/h3-4,7,16,29H,5-6,8-12,22H2,1-2H3,(H,23,26,27). The van der Waals surface area contributed by atoms with Gasteiger partial charge < -0.3 is 15.7 Å². The van der Waals surface area contributed by atoms with Crippen LogP contribution in [-0.2, 0) is 22.7 Å². The number of hydrogen-bond acceptors (Lipinski definition) is 6. The van der Waals surface area contributed by atoms with Crippen molar-refractivity contribution in [2.45, 2.75) is 51.4 Å². The molecule has 0 aromatic heterocycles. The highest BCUT2D eigenvalue weighted by Crippen LogP contribution is 2.38. The molecule has 0 aliphatic carbocycles. The molecular weight excluding hydrogens is 372 g/mol. The van der Waals surface area contributed by atoms with E-state index < -0.39 is 17.6 Å². The van der Waals surface area contributed by atoms with E-state index in [1.807, 2.05) is 32.0 Å². The molecule has 2 fully saturated rings. The zero-order valence-electron chi connectivity index (χ0n) is 16.9. The molecule has 4 N–H and O–H groups in total. The van der Waals surface area contributed by atoms with Crippen LogP contribution in [0, 0.1) is 5.41 Å².